The van der Waals surface area contributed by atoms with Crippen molar-refractivity contribution in [3.05, 3.63) is 248 Å². The van der Waals surface area contributed by atoms with Crippen molar-refractivity contribution in [3.8, 4) is 23.7 Å². The molecule has 400 valence electrons. The highest BCUT2D eigenvalue weighted by atomic mass is 32.2. The fourth-order valence-corrected chi connectivity index (χ4v) is 15.6. The van der Waals surface area contributed by atoms with Crippen LogP contribution in [0.5, 0.6) is 0 Å². The Kier molecular flexibility index (Phi) is 14.0. The van der Waals surface area contributed by atoms with Crippen LogP contribution in [0.3, 0.4) is 0 Å². The number of benzene rings is 9. The van der Waals surface area contributed by atoms with Gasteiger partial charge in [0.15, 0.2) is 0 Å². The molecule has 0 radical (unpaired) electrons. The number of fused-ring (bicyclic) bond motifs is 1. The van der Waals surface area contributed by atoms with Crippen molar-refractivity contribution in [2.45, 2.75) is 110 Å². The molecule has 2 aliphatic heterocycles. The summed E-state index contributed by atoms with van der Waals surface area (Å²) in [5.74, 6) is 15.5. The van der Waals surface area contributed by atoms with Gasteiger partial charge < -0.3 is 0 Å². The number of carbonyl (C=O) groups excluding carboxylic acids is 4. The molecular weight excluding hydrogens is 1040 g/mol. The van der Waals surface area contributed by atoms with Gasteiger partial charge in [-0.2, -0.15) is 0 Å². The molecule has 2 saturated carbocycles. The van der Waals surface area contributed by atoms with Crippen molar-refractivity contribution in [1.29, 1.82) is 0 Å². The van der Waals surface area contributed by atoms with Crippen LogP contribution in [0.25, 0.3) is 21.5 Å². The SMILES string of the molecule is O=C1c2cccc3c(SCc4ccccc4)c(C#Cc4ccc(C#Cc5cc6c7c(cccc7c5SCc5ccccc5)C(=O)N(c5cccc(C7CCCC7)c5)C6=O)c5c4CCCC5)cc(c23)C(=O)N1c1cccc(C2CCCC2)c1. The third-order valence-corrected chi connectivity index (χ3v) is 19.9. The van der Waals surface area contributed by atoms with E-state index >= 15 is 0 Å². The van der Waals surface area contributed by atoms with E-state index < -0.39 is 0 Å². The van der Waals surface area contributed by atoms with Crippen LogP contribution in [0.15, 0.2) is 180 Å². The first-order valence-corrected chi connectivity index (χ1v) is 31.0. The summed E-state index contributed by atoms with van der Waals surface area (Å²) in [4.78, 5) is 63.7. The zero-order valence-corrected chi connectivity index (χ0v) is 47.2. The molecule has 0 N–H and O–H groups in total. The number of imide groups is 2. The standard InChI is InChI=1S/C74H58N2O4S2/c77-71-63-33-15-31-61-67(63)65(73(79)75(71)57-27-13-25-53(41-57)49-21-7-8-22-49)43-55(69(61)81-45-47-17-3-1-4-18-47)39-37-51-35-36-52(60-30-12-11-29-59(51)60)38-40-56-44-66-68-62(70(56)82-46-48-19-5-2-6-20-48)32-16-34-64(68)72(78)76(74(66)80)58-28-14-26-54(42-58)50-23-9-10-24-50/h1-6,13-20,25-28,31-36,41-44,49-50H,7-12,21-24,29-30,45-46H2. The van der Waals surface area contributed by atoms with Gasteiger partial charge in [-0.1, -0.05) is 159 Å². The number of anilines is 2. The van der Waals surface area contributed by atoms with Gasteiger partial charge in [0.05, 0.1) is 22.5 Å². The summed E-state index contributed by atoms with van der Waals surface area (Å²) >= 11 is 3.37. The molecule has 9 aromatic rings. The minimum Gasteiger partial charge on any atom is -0.268 e. The first-order valence-electron chi connectivity index (χ1n) is 29.0. The maximum Gasteiger partial charge on any atom is 0.266 e. The van der Waals surface area contributed by atoms with Crippen molar-refractivity contribution in [2.24, 2.45) is 0 Å². The molecule has 2 fully saturated rings. The van der Waals surface area contributed by atoms with Crippen molar-refractivity contribution in [3.63, 3.8) is 0 Å². The minimum absolute atomic E-state index is 0.307. The predicted molar refractivity (Wildman–Crippen MR) is 333 cm³/mol. The largest absolute Gasteiger partial charge is 0.268 e. The molecule has 4 amide bonds. The summed E-state index contributed by atoms with van der Waals surface area (Å²) in [5, 5.41) is 3.06. The fourth-order valence-electron chi connectivity index (χ4n) is 13.4. The van der Waals surface area contributed by atoms with Crippen LogP contribution in [0, 0.1) is 23.7 Å². The lowest BCUT2D eigenvalue weighted by molar-refractivity contribution is 0.0877. The topological polar surface area (TPSA) is 74.8 Å². The van der Waals surface area contributed by atoms with Crippen molar-refractivity contribution in [2.75, 3.05) is 9.80 Å². The molecule has 2 heterocycles. The van der Waals surface area contributed by atoms with Gasteiger partial charge in [0.2, 0.25) is 0 Å². The van der Waals surface area contributed by atoms with Gasteiger partial charge in [-0.15, -0.1) is 23.5 Å². The van der Waals surface area contributed by atoms with Gasteiger partial charge in [-0.05, 0) is 168 Å². The average molecular weight is 1100 g/mol. The number of amides is 4. The van der Waals surface area contributed by atoms with Crippen LogP contribution < -0.4 is 9.80 Å². The molecule has 5 aliphatic rings. The highest BCUT2D eigenvalue weighted by molar-refractivity contribution is 7.99. The molecule has 0 spiro atoms. The normalized spacial score (nSPS) is 15.9. The second kappa shape index (κ2) is 22.2. The van der Waals surface area contributed by atoms with Crippen molar-refractivity contribution >= 4 is 80.1 Å². The first-order chi connectivity index (χ1) is 40.3. The molecule has 82 heavy (non-hydrogen) atoms. The molecule has 14 rings (SSSR count). The Hall–Kier alpha value is -8.40. The molecule has 3 aliphatic carbocycles. The van der Waals surface area contributed by atoms with Crippen LogP contribution >= 0.6 is 23.5 Å². The highest BCUT2D eigenvalue weighted by Crippen LogP contribution is 2.45. The molecule has 8 heteroatoms. The lowest BCUT2D eigenvalue weighted by Crippen LogP contribution is -2.40. The molecule has 0 aromatic heterocycles. The van der Waals surface area contributed by atoms with Gasteiger partial charge in [0.1, 0.15) is 0 Å². The molecule has 9 aromatic carbocycles. The van der Waals surface area contributed by atoms with Gasteiger partial charge in [0.25, 0.3) is 23.6 Å². The van der Waals surface area contributed by atoms with Crippen LogP contribution in [0.2, 0.25) is 0 Å². The monoisotopic (exact) mass is 1100 g/mol. The average Bonchev–Trinajstić information content (AvgIpc) is 3.69. The van der Waals surface area contributed by atoms with Gasteiger partial charge in [0, 0.05) is 65.4 Å². The fraction of sp³-hybridized carbons (Fsp3) is 0.216. The van der Waals surface area contributed by atoms with Gasteiger partial charge >= 0.3 is 0 Å². The number of hydrogen-bond donors (Lipinski definition) is 0. The van der Waals surface area contributed by atoms with E-state index in [1.54, 1.807) is 23.5 Å². The second-order valence-corrected chi connectivity index (χ2v) is 24.4. The van der Waals surface area contributed by atoms with E-state index in [0.717, 1.165) is 105 Å². The third-order valence-electron chi connectivity index (χ3n) is 17.5. The zero-order chi connectivity index (χ0) is 55.3. The van der Waals surface area contributed by atoms with E-state index in [9.17, 15) is 19.2 Å². The molecule has 0 unspecified atom stereocenters. The van der Waals surface area contributed by atoms with Gasteiger partial charge in [-0.3, -0.25) is 19.2 Å². The lowest BCUT2D eigenvalue weighted by atomic mass is 9.85. The number of hydrogen-bond acceptors (Lipinski definition) is 6. The van der Waals surface area contributed by atoms with Crippen LogP contribution in [-0.2, 0) is 24.3 Å². The first kappa shape index (κ1) is 51.7. The van der Waals surface area contributed by atoms with Crippen LogP contribution in [0.4, 0.5) is 11.4 Å². The maximum absolute atomic E-state index is 15.0. The smallest absolute Gasteiger partial charge is 0.266 e. The summed E-state index contributed by atoms with van der Waals surface area (Å²) in [6.45, 7) is 0. The number of carbonyl (C=O) groups is 4. The third kappa shape index (κ3) is 9.52. The Morgan fingerprint density at radius 1 is 0.378 bits per heavy atom. The van der Waals surface area contributed by atoms with Crippen molar-refractivity contribution in [1.82, 2.24) is 0 Å². The van der Waals surface area contributed by atoms with Crippen molar-refractivity contribution < 1.29 is 19.2 Å². The van der Waals surface area contributed by atoms with E-state index in [4.69, 9.17) is 0 Å². The quantitative estimate of drug-likeness (QED) is 0.0772. The Morgan fingerprint density at radius 2 is 0.768 bits per heavy atom. The Bertz CT molecular complexity index is 3970. The van der Waals surface area contributed by atoms with Crippen LogP contribution in [0.1, 0.15) is 173 Å². The summed E-state index contributed by atoms with van der Waals surface area (Å²) < 4.78 is 0. The lowest BCUT2D eigenvalue weighted by Gasteiger charge is -2.29. The number of rotatable bonds is 10. The van der Waals surface area contributed by atoms with E-state index in [1.165, 1.54) is 57.7 Å². The Labute approximate surface area is 487 Å². The molecule has 6 nitrogen and oxygen atoms in total. The summed E-state index contributed by atoms with van der Waals surface area (Å²) in [6, 6.07) is 56.5. The maximum atomic E-state index is 15.0. The molecule has 0 bridgehead atoms. The molecular formula is C74H58N2O4S2. The number of nitrogens with zero attached hydrogens (tertiary/aromatic N) is 2. The Morgan fingerprint density at radius 3 is 1.20 bits per heavy atom. The van der Waals surface area contributed by atoms with E-state index in [1.807, 2.05) is 121 Å². The van der Waals surface area contributed by atoms with Crippen LogP contribution in [-0.4, -0.2) is 23.6 Å². The van der Waals surface area contributed by atoms with E-state index in [-0.39, 0.29) is 23.6 Å². The summed E-state index contributed by atoms with van der Waals surface area (Å²) in [5.41, 5.74) is 13.6. The zero-order valence-electron chi connectivity index (χ0n) is 45.6. The molecule has 0 atom stereocenters. The summed E-state index contributed by atoms with van der Waals surface area (Å²) in [6.07, 6.45) is 13.0. The Balaban J connectivity index is 0.858. The predicted octanol–water partition coefficient (Wildman–Crippen LogP) is 17.2. The number of thioether (sulfide) groups is 2. The molecule has 0 saturated heterocycles. The highest BCUT2D eigenvalue weighted by Gasteiger charge is 2.38. The van der Waals surface area contributed by atoms with E-state index in [2.05, 4.69) is 72.2 Å². The van der Waals surface area contributed by atoms with E-state index in [0.29, 0.717) is 67.7 Å². The minimum atomic E-state index is -0.336. The summed E-state index contributed by atoms with van der Waals surface area (Å²) in [7, 11) is 0. The van der Waals surface area contributed by atoms with Gasteiger partial charge in [-0.25, -0.2) is 9.80 Å². The second-order valence-electron chi connectivity index (χ2n) is 22.5.